The van der Waals surface area contributed by atoms with Crippen molar-refractivity contribution in [1.29, 1.82) is 0 Å². The fourth-order valence-corrected chi connectivity index (χ4v) is 1.43. The Morgan fingerprint density at radius 2 is 2.00 bits per heavy atom. The second-order valence-corrected chi connectivity index (χ2v) is 4.05. The minimum atomic E-state index is -0.192. The average Bonchev–Trinajstić information content (AvgIpc) is 2.09. The normalized spacial score (nSPS) is 11.8. The van der Waals surface area contributed by atoms with E-state index in [9.17, 15) is 4.39 Å². The van der Waals surface area contributed by atoms with Gasteiger partial charge in [0, 0.05) is 12.0 Å². The van der Waals surface area contributed by atoms with Crippen molar-refractivity contribution in [3.63, 3.8) is 0 Å². The zero-order valence-corrected chi connectivity index (χ0v) is 8.39. The lowest BCUT2D eigenvalue weighted by molar-refractivity contribution is 0.527. The van der Waals surface area contributed by atoms with Gasteiger partial charge in [0.05, 0.1) is 0 Å². The molecule has 0 heterocycles. The minimum Gasteiger partial charge on any atom is -0.330 e. The molecule has 2 heteroatoms. The third-order valence-corrected chi connectivity index (χ3v) is 2.44. The zero-order chi connectivity index (χ0) is 10.1. The number of hydrogen-bond donors (Lipinski definition) is 1. The highest BCUT2D eigenvalue weighted by Gasteiger charge is 2.20. The molecule has 1 aromatic carbocycles. The summed E-state index contributed by atoms with van der Waals surface area (Å²) in [4.78, 5) is 0. The van der Waals surface area contributed by atoms with Gasteiger partial charge in [0.25, 0.3) is 0 Å². The van der Waals surface area contributed by atoms with E-state index < -0.39 is 0 Å². The molecule has 0 saturated heterocycles. The summed E-state index contributed by atoms with van der Waals surface area (Å²) >= 11 is 0. The lowest BCUT2D eigenvalue weighted by Gasteiger charge is -2.25. The van der Waals surface area contributed by atoms with Crippen LogP contribution in [0.15, 0.2) is 18.2 Å². The van der Waals surface area contributed by atoms with Crippen molar-refractivity contribution in [2.24, 2.45) is 5.73 Å². The van der Waals surface area contributed by atoms with E-state index in [0.29, 0.717) is 6.54 Å². The van der Waals surface area contributed by atoms with Crippen LogP contribution in [0.3, 0.4) is 0 Å². The van der Waals surface area contributed by atoms with Crippen molar-refractivity contribution in [2.45, 2.75) is 26.2 Å². The number of halogens is 1. The highest BCUT2D eigenvalue weighted by atomic mass is 19.1. The molecular formula is C11H16FN. The monoisotopic (exact) mass is 181 g/mol. The molecular weight excluding hydrogens is 165 g/mol. The number of nitrogens with two attached hydrogens (primary N) is 1. The molecule has 0 radical (unpaired) electrons. The van der Waals surface area contributed by atoms with E-state index in [1.54, 1.807) is 12.1 Å². The van der Waals surface area contributed by atoms with Gasteiger partial charge in [-0.25, -0.2) is 4.39 Å². The predicted octanol–water partition coefficient (Wildman–Crippen LogP) is 2.37. The summed E-state index contributed by atoms with van der Waals surface area (Å²) in [6, 6.07) is 4.84. The molecule has 0 aliphatic carbocycles. The first-order valence-corrected chi connectivity index (χ1v) is 4.44. The maximum Gasteiger partial charge on any atom is 0.123 e. The van der Waals surface area contributed by atoms with Gasteiger partial charge in [0.1, 0.15) is 5.82 Å². The van der Waals surface area contributed by atoms with Gasteiger partial charge in [-0.3, -0.25) is 0 Å². The Hall–Kier alpha value is -0.890. The Morgan fingerprint density at radius 3 is 2.54 bits per heavy atom. The van der Waals surface area contributed by atoms with Crippen LogP contribution in [0.4, 0.5) is 4.39 Å². The molecule has 1 aromatic rings. The van der Waals surface area contributed by atoms with Crippen LogP contribution < -0.4 is 5.73 Å². The zero-order valence-electron chi connectivity index (χ0n) is 8.39. The summed E-state index contributed by atoms with van der Waals surface area (Å²) in [5.74, 6) is -0.192. The van der Waals surface area contributed by atoms with Crippen molar-refractivity contribution in [2.75, 3.05) is 6.54 Å². The molecule has 1 rings (SSSR count). The van der Waals surface area contributed by atoms with Gasteiger partial charge in [0.2, 0.25) is 0 Å². The topological polar surface area (TPSA) is 26.0 Å². The smallest absolute Gasteiger partial charge is 0.123 e. The maximum atomic E-state index is 13.0. The van der Waals surface area contributed by atoms with E-state index >= 15 is 0 Å². The van der Waals surface area contributed by atoms with Crippen molar-refractivity contribution in [1.82, 2.24) is 0 Å². The number of aryl methyl sites for hydroxylation is 1. The molecule has 0 fully saturated rings. The average molecular weight is 181 g/mol. The van der Waals surface area contributed by atoms with Crippen LogP contribution >= 0.6 is 0 Å². The summed E-state index contributed by atoms with van der Waals surface area (Å²) < 4.78 is 13.0. The van der Waals surface area contributed by atoms with Crippen LogP contribution in [0, 0.1) is 12.7 Å². The van der Waals surface area contributed by atoms with Crippen LogP contribution in [-0.4, -0.2) is 6.54 Å². The van der Waals surface area contributed by atoms with Crippen LogP contribution in [-0.2, 0) is 5.41 Å². The van der Waals surface area contributed by atoms with Gasteiger partial charge in [-0.1, -0.05) is 19.9 Å². The molecule has 0 aromatic heterocycles. The van der Waals surface area contributed by atoms with E-state index in [4.69, 9.17) is 5.73 Å². The maximum absolute atomic E-state index is 13.0. The van der Waals surface area contributed by atoms with Gasteiger partial charge < -0.3 is 5.73 Å². The first kappa shape index (κ1) is 10.2. The number of benzene rings is 1. The second-order valence-electron chi connectivity index (χ2n) is 4.05. The van der Waals surface area contributed by atoms with Crippen molar-refractivity contribution in [3.8, 4) is 0 Å². The Labute approximate surface area is 78.8 Å². The molecule has 0 bridgehead atoms. The molecule has 0 amide bonds. The molecule has 0 atom stereocenters. The summed E-state index contributed by atoms with van der Waals surface area (Å²) in [6.07, 6.45) is 0. The van der Waals surface area contributed by atoms with Crippen molar-refractivity contribution >= 4 is 0 Å². The van der Waals surface area contributed by atoms with Gasteiger partial charge in [-0.15, -0.1) is 0 Å². The van der Waals surface area contributed by atoms with Crippen LogP contribution in [0.2, 0.25) is 0 Å². The lowest BCUT2D eigenvalue weighted by Crippen LogP contribution is -2.29. The Balaban J connectivity index is 3.20. The van der Waals surface area contributed by atoms with E-state index in [0.717, 1.165) is 11.1 Å². The largest absolute Gasteiger partial charge is 0.330 e. The quantitative estimate of drug-likeness (QED) is 0.744. The Bertz CT molecular complexity index is 305. The second kappa shape index (κ2) is 3.46. The molecule has 1 nitrogen and oxygen atoms in total. The van der Waals surface area contributed by atoms with E-state index in [-0.39, 0.29) is 11.2 Å². The Kier molecular flexibility index (Phi) is 2.71. The molecule has 0 aliphatic heterocycles. The van der Waals surface area contributed by atoms with Gasteiger partial charge in [0.15, 0.2) is 0 Å². The predicted molar refractivity (Wildman–Crippen MR) is 53.2 cm³/mol. The van der Waals surface area contributed by atoms with E-state index in [1.165, 1.54) is 6.07 Å². The molecule has 72 valence electrons. The van der Waals surface area contributed by atoms with Gasteiger partial charge >= 0.3 is 0 Å². The highest BCUT2D eigenvalue weighted by molar-refractivity contribution is 5.33. The minimum absolute atomic E-state index is 0.147. The van der Waals surface area contributed by atoms with Gasteiger partial charge in [-0.2, -0.15) is 0 Å². The number of rotatable bonds is 2. The summed E-state index contributed by atoms with van der Waals surface area (Å²) in [6.45, 7) is 6.55. The molecule has 0 unspecified atom stereocenters. The highest BCUT2D eigenvalue weighted by Crippen LogP contribution is 2.25. The third-order valence-electron chi connectivity index (χ3n) is 2.44. The summed E-state index contributed by atoms with van der Waals surface area (Å²) in [7, 11) is 0. The third kappa shape index (κ3) is 2.07. The molecule has 0 saturated carbocycles. The van der Waals surface area contributed by atoms with Crippen LogP contribution in [0.5, 0.6) is 0 Å². The fourth-order valence-electron chi connectivity index (χ4n) is 1.43. The van der Waals surface area contributed by atoms with Crippen LogP contribution in [0.25, 0.3) is 0 Å². The molecule has 0 spiro atoms. The fraction of sp³-hybridized carbons (Fsp3) is 0.455. The lowest BCUT2D eigenvalue weighted by atomic mass is 9.82. The van der Waals surface area contributed by atoms with Crippen LogP contribution in [0.1, 0.15) is 25.0 Å². The number of hydrogen-bond acceptors (Lipinski definition) is 1. The van der Waals surface area contributed by atoms with Crippen molar-refractivity contribution in [3.05, 3.63) is 35.1 Å². The summed E-state index contributed by atoms with van der Waals surface area (Å²) in [5, 5.41) is 0. The first-order valence-electron chi connectivity index (χ1n) is 4.44. The standard InChI is InChI=1S/C11H16FN/c1-8-4-5-9(12)6-10(8)11(2,3)7-13/h4-6H,7,13H2,1-3H3. The molecule has 13 heavy (non-hydrogen) atoms. The first-order chi connectivity index (χ1) is 5.97. The van der Waals surface area contributed by atoms with Gasteiger partial charge in [-0.05, 0) is 30.2 Å². The summed E-state index contributed by atoms with van der Waals surface area (Å²) in [5.41, 5.74) is 7.58. The molecule has 2 N–H and O–H groups in total. The molecule has 0 aliphatic rings. The van der Waals surface area contributed by atoms with E-state index in [1.807, 2.05) is 20.8 Å². The van der Waals surface area contributed by atoms with E-state index in [2.05, 4.69) is 0 Å². The van der Waals surface area contributed by atoms with Crippen molar-refractivity contribution < 1.29 is 4.39 Å². The SMILES string of the molecule is Cc1ccc(F)cc1C(C)(C)CN. The Morgan fingerprint density at radius 1 is 1.38 bits per heavy atom.